The molecule has 0 aliphatic carbocycles. The summed E-state index contributed by atoms with van der Waals surface area (Å²) in [5.41, 5.74) is 2.00. The lowest BCUT2D eigenvalue weighted by molar-refractivity contribution is -0.121. The van der Waals surface area contributed by atoms with Crippen LogP contribution in [0.3, 0.4) is 0 Å². The number of aromatic nitrogens is 2. The van der Waals surface area contributed by atoms with E-state index >= 15 is 0 Å². The molecule has 2 N–H and O–H groups in total. The minimum atomic E-state index is -0.487. The number of hydrogen-bond acceptors (Lipinski definition) is 4. The van der Waals surface area contributed by atoms with Gasteiger partial charge in [-0.1, -0.05) is 30.3 Å². The molecule has 0 spiro atoms. The van der Waals surface area contributed by atoms with Crippen LogP contribution in [0.2, 0.25) is 0 Å². The van der Waals surface area contributed by atoms with Gasteiger partial charge in [0.1, 0.15) is 0 Å². The number of amides is 3. The average molecular weight is 343 g/mol. The van der Waals surface area contributed by atoms with Crippen LogP contribution in [0.5, 0.6) is 0 Å². The lowest BCUT2D eigenvalue weighted by Crippen LogP contribution is -2.45. The molecule has 7 nitrogen and oxygen atoms in total. The maximum atomic E-state index is 12.1. The smallest absolute Gasteiger partial charge is 0.321 e. The Balaban J connectivity index is 1.80. The molecule has 2 aromatic rings. The largest absolute Gasteiger partial charge is 0.334 e. The third kappa shape index (κ3) is 6.39. The first-order chi connectivity index (χ1) is 11.9. The van der Waals surface area contributed by atoms with Gasteiger partial charge in [-0.15, -0.1) is 0 Å². The number of nitrogens with one attached hydrogen (secondary N) is 2. The first-order valence-corrected chi connectivity index (χ1v) is 8.27. The molecule has 2 rings (SSSR count). The summed E-state index contributed by atoms with van der Waals surface area (Å²) in [6.45, 7) is 5.15. The molecule has 0 saturated heterocycles. The molecule has 0 atom stereocenters. The predicted molar refractivity (Wildman–Crippen MR) is 95.6 cm³/mol. The van der Waals surface area contributed by atoms with Crippen LogP contribution in [-0.2, 0) is 24.9 Å². The second-order valence-electron chi connectivity index (χ2n) is 6.24. The van der Waals surface area contributed by atoms with Crippen LogP contribution < -0.4 is 10.6 Å². The van der Waals surface area contributed by atoms with E-state index < -0.39 is 6.03 Å². The number of rotatable bonds is 7. The predicted octanol–water partition coefficient (Wildman–Crippen LogP) is 1.66. The molecular formula is C18H25N5O2. The Bertz CT molecular complexity index is 697. The molecule has 1 heterocycles. The van der Waals surface area contributed by atoms with Gasteiger partial charge in [0.15, 0.2) is 0 Å². The Morgan fingerprint density at radius 2 is 1.92 bits per heavy atom. The molecule has 0 fully saturated rings. The van der Waals surface area contributed by atoms with Gasteiger partial charge in [-0.2, -0.15) is 5.10 Å². The first-order valence-electron chi connectivity index (χ1n) is 8.27. The molecule has 7 heteroatoms. The van der Waals surface area contributed by atoms with Crippen molar-refractivity contribution >= 4 is 11.9 Å². The maximum Gasteiger partial charge on any atom is 0.321 e. The first kappa shape index (κ1) is 18.7. The number of nitrogens with zero attached hydrogens (tertiary/aromatic N) is 3. The highest BCUT2D eigenvalue weighted by atomic mass is 16.2. The maximum absolute atomic E-state index is 12.1. The van der Waals surface area contributed by atoms with Crippen LogP contribution in [0.25, 0.3) is 0 Å². The van der Waals surface area contributed by atoms with Crippen molar-refractivity contribution in [3.05, 3.63) is 53.9 Å². The number of carbonyl (C=O) groups excluding carboxylic acids is 2. The fraction of sp³-hybridized carbons (Fsp3) is 0.389. The van der Waals surface area contributed by atoms with E-state index in [0.29, 0.717) is 13.1 Å². The molecule has 0 aliphatic heterocycles. The highest BCUT2D eigenvalue weighted by molar-refractivity contribution is 5.95. The van der Waals surface area contributed by atoms with Gasteiger partial charge in [-0.3, -0.25) is 19.7 Å². The molecule has 3 amide bonds. The summed E-state index contributed by atoms with van der Waals surface area (Å²) < 4.78 is 1.73. The Hall–Kier alpha value is -2.67. The zero-order valence-corrected chi connectivity index (χ0v) is 14.9. The summed E-state index contributed by atoms with van der Waals surface area (Å²) in [5.74, 6) is -0.330. The molecule has 134 valence electrons. The molecular weight excluding hydrogens is 318 g/mol. The summed E-state index contributed by atoms with van der Waals surface area (Å²) in [6.07, 6.45) is 3.69. The lowest BCUT2D eigenvalue weighted by atomic mass is 10.2. The fourth-order valence-corrected chi connectivity index (χ4v) is 2.38. The van der Waals surface area contributed by atoms with Crippen molar-refractivity contribution in [3.63, 3.8) is 0 Å². The van der Waals surface area contributed by atoms with E-state index in [4.69, 9.17) is 0 Å². The standard InChI is InChI=1S/C18H25N5O2/c1-14(2)23(12-16-10-20-22(3)11-16)13-17(24)21-18(25)19-9-15-7-5-4-6-8-15/h4-8,10-11,14H,9,12-13H2,1-3H3,(H2,19,21,24,25). The SMILES string of the molecule is CC(C)N(CC(=O)NC(=O)NCc1ccccc1)Cc1cnn(C)c1. The summed E-state index contributed by atoms with van der Waals surface area (Å²) in [4.78, 5) is 26.0. The average Bonchev–Trinajstić information content (AvgIpc) is 2.98. The molecule has 1 aromatic carbocycles. The second-order valence-corrected chi connectivity index (χ2v) is 6.24. The monoisotopic (exact) mass is 343 g/mol. The highest BCUT2D eigenvalue weighted by Crippen LogP contribution is 2.07. The van der Waals surface area contributed by atoms with E-state index in [2.05, 4.69) is 15.7 Å². The number of carbonyl (C=O) groups is 2. The van der Waals surface area contributed by atoms with Gasteiger partial charge < -0.3 is 5.32 Å². The van der Waals surface area contributed by atoms with Crippen molar-refractivity contribution in [2.24, 2.45) is 7.05 Å². The Kier molecular flexibility index (Phi) is 6.71. The zero-order valence-electron chi connectivity index (χ0n) is 14.9. The van der Waals surface area contributed by atoms with Crippen LogP contribution in [0, 0.1) is 0 Å². The van der Waals surface area contributed by atoms with Crippen molar-refractivity contribution in [1.29, 1.82) is 0 Å². The summed E-state index contributed by atoms with van der Waals surface area (Å²) >= 11 is 0. The lowest BCUT2D eigenvalue weighted by Gasteiger charge is -2.25. The van der Waals surface area contributed by atoms with Gasteiger partial charge >= 0.3 is 6.03 Å². The van der Waals surface area contributed by atoms with Crippen molar-refractivity contribution in [2.75, 3.05) is 6.54 Å². The summed E-state index contributed by atoms with van der Waals surface area (Å²) in [6, 6.07) is 9.22. The number of hydrogen-bond donors (Lipinski definition) is 2. The van der Waals surface area contributed by atoms with Crippen LogP contribution in [-0.4, -0.2) is 39.2 Å². The number of imide groups is 1. The van der Waals surface area contributed by atoms with Crippen molar-refractivity contribution in [1.82, 2.24) is 25.3 Å². The van der Waals surface area contributed by atoms with Gasteiger partial charge in [0.25, 0.3) is 0 Å². The van der Waals surface area contributed by atoms with E-state index in [9.17, 15) is 9.59 Å². The molecule has 0 radical (unpaired) electrons. The second kappa shape index (κ2) is 8.98. The zero-order chi connectivity index (χ0) is 18.2. The molecule has 0 unspecified atom stereocenters. The summed E-state index contributed by atoms with van der Waals surface area (Å²) in [7, 11) is 1.85. The van der Waals surface area contributed by atoms with Crippen LogP contribution in [0.15, 0.2) is 42.7 Å². The minimum absolute atomic E-state index is 0.144. The Morgan fingerprint density at radius 3 is 2.52 bits per heavy atom. The van der Waals surface area contributed by atoms with E-state index in [0.717, 1.165) is 11.1 Å². The van der Waals surface area contributed by atoms with Gasteiger partial charge in [0.2, 0.25) is 5.91 Å². The van der Waals surface area contributed by atoms with Crippen molar-refractivity contribution in [3.8, 4) is 0 Å². The number of aryl methyl sites for hydroxylation is 1. The van der Waals surface area contributed by atoms with Crippen molar-refractivity contribution < 1.29 is 9.59 Å². The highest BCUT2D eigenvalue weighted by Gasteiger charge is 2.17. The molecule has 0 aliphatic rings. The minimum Gasteiger partial charge on any atom is -0.334 e. The Labute approximate surface area is 148 Å². The molecule has 25 heavy (non-hydrogen) atoms. The van der Waals surface area contributed by atoms with Crippen LogP contribution >= 0.6 is 0 Å². The third-order valence-corrected chi connectivity index (χ3v) is 3.77. The molecule has 1 aromatic heterocycles. The number of benzene rings is 1. The van der Waals surface area contributed by atoms with E-state index in [1.165, 1.54) is 0 Å². The molecule has 0 bridgehead atoms. The van der Waals surface area contributed by atoms with E-state index in [-0.39, 0.29) is 18.5 Å². The van der Waals surface area contributed by atoms with Gasteiger partial charge in [-0.25, -0.2) is 4.79 Å². The van der Waals surface area contributed by atoms with Crippen LogP contribution in [0.1, 0.15) is 25.0 Å². The third-order valence-electron chi connectivity index (χ3n) is 3.77. The summed E-state index contributed by atoms with van der Waals surface area (Å²) in [5, 5.41) is 9.19. The quantitative estimate of drug-likeness (QED) is 0.801. The van der Waals surface area contributed by atoms with Crippen molar-refractivity contribution in [2.45, 2.75) is 33.0 Å². The normalized spacial score (nSPS) is 10.9. The fourth-order valence-electron chi connectivity index (χ4n) is 2.38. The van der Waals surface area contributed by atoms with Crippen LogP contribution in [0.4, 0.5) is 4.79 Å². The van der Waals surface area contributed by atoms with Gasteiger partial charge in [0.05, 0.1) is 12.7 Å². The van der Waals surface area contributed by atoms with E-state index in [1.807, 2.05) is 62.3 Å². The molecule has 0 saturated carbocycles. The Morgan fingerprint density at radius 1 is 1.20 bits per heavy atom. The van der Waals surface area contributed by atoms with Gasteiger partial charge in [0, 0.05) is 37.9 Å². The van der Waals surface area contributed by atoms with Gasteiger partial charge in [-0.05, 0) is 19.4 Å². The van der Waals surface area contributed by atoms with E-state index in [1.54, 1.807) is 10.9 Å². The topological polar surface area (TPSA) is 79.3 Å². The number of urea groups is 1.